The van der Waals surface area contributed by atoms with Gasteiger partial charge in [-0.05, 0) is 25.0 Å². The van der Waals surface area contributed by atoms with Crippen LogP contribution in [0.3, 0.4) is 0 Å². The van der Waals surface area contributed by atoms with Crippen LogP contribution in [0.15, 0.2) is 78.3 Å². The van der Waals surface area contributed by atoms with Crippen molar-refractivity contribution in [2.24, 2.45) is 4.99 Å². The van der Waals surface area contributed by atoms with Gasteiger partial charge in [-0.3, -0.25) is 18.1 Å². The summed E-state index contributed by atoms with van der Waals surface area (Å²) in [7, 11) is -0.313. The highest BCUT2D eigenvalue weighted by Crippen LogP contribution is 2.52. The second-order valence-electron chi connectivity index (χ2n) is 11.1. The van der Waals surface area contributed by atoms with Crippen LogP contribution in [0.1, 0.15) is 31.2 Å². The van der Waals surface area contributed by atoms with Crippen molar-refractivity contribution in [1.29, 1.82) is 0 Å². The van der Waals surface area contributed by atoms with Crippen LogP contribution in [0.4, 0.5) is 5.82 Å². The smallest absolute Gasteiger partial charge is 0.369 e. The third-order valence-electron chi connectivity index (χ3n) is 7.01. The molecular weight excluding hydrogens is 587 g/mol. The molecule has 4 heterocycles. The first-order chi connectivity index (χ1) is 21.2. The molecule has 2 aromatic heterocycles. The number of benzene rings is 2. The lowest BCUT2D eigenvalue weighted by Gasteiger charge is -2.25. The Kier molecular flexibility index (Phi) is 8.88. The number of imidazole rings is 1. The predicted molar refractivity (Wildman–Crippen MR) is 161 cm³/mol. The number of fused-ring (bicyclic) bond motifs is 2. The predicted octanol–water partition coefficient (Wildman–Crippen LogP) is 5.02. The van der Waals surface area contributed by atoms with Gasteiger partial charge in [0.25, 0.3) is 0 Å². The van der Waals surface area contributed by atoms with E-state index in [1.165, 1.54) is 6.33 Å². The Morgan fingerprint density at radius 3 is 2.20 bits per heavy atom. The lowest BCUT2D eigenvalue weighted by molar-refractivity contribution is -0.199. The topological polar surface area (TPSA) is 132 Å². The van der Waals surface area contributed by atoms with Gasteiger partial charge in [-0.15, -0.1) is 0 Å². The molecule has 13 nitrogen and oxygen atoms in total. The van der Waals surface area contributed by atoms with Crippen LogP contribution in [-0.2, 0) is 45.6 Å². The minimum atomic E-state index is -4.05. The van der Waals surface area contributed by atoms with Crippen LogP contribution in [0.25, 0.3) is 11.2 Å². The number of hydrogen-bond acceptors (Lipinski definition) is 11. The number of rotatable bonds is 12. The molecule has 0 radical (unpaired) electrons. The Labute approximate surface area is 255 Å². The maximum absolute atomic E-state index is 13.9. The first kappa shape index (κ1) is 30.5. The maximum Gasteiger partial charge on any atom is 0.475 e. The fourth-order valence-electron chi connectivity index (χ4n) is 5.04. The molecule has 0 N–H and O–H groups in total. The monoisotopic (exact) mass is 622 g/mol. The Hall–Kier alpha value is -3.55. The Balaban J connectivity index is 1.22. The number of ether oxygens (including phenoxy) is 3. The highest BCUT2D eigenvalue weighted by molar-refractivity contribution is 7.48. The number of phosphoric ester groups is 1. The molecule has 232 valence electrons. The Morgan fingerprint density at radius 2 is 1.57 bits per heavy atom. The average Bonchev–Trinajstić information content (AvgIpc) is 3.69. The van der Waals surface area contributed by atoms with Gasteiger partial charge >= 0.3 is 7.82 Å². The van der Waals surface area contributed by atoms with E-state index in [0.717, 1.165) is 11.1 Å². The van der Waals surface area contributed by atoms with Gasteiger partial charge in [0, 0.05) is 14.1 Å². The molecule has 2 saturated heterocycles. The summed E-state index contributed by atoms with van der Waals surface area (Å²) in [6, 6.07) is 18.8. The van der Waals surface area contributed by atoms with Crippen LogP contribution in [0, 0.1) is 0 Å². The second-order valence-corrected chi connectivity index (χ2v) is 12.8. The standard InChI is InChI=1S/C30H35N6O7P/c1-30(2)42-25-23(17-40-44(37,38-15-21-11-7-5-8-12-21)39-16-22-13-9-6-10-14-22)41-29(26(25)43-30)36-20-33-24-27(34-19-35(3)4)31-18-32-28(24)36/h5-14,18-20,23,25-26,29H,15-17H2,1-4H3/b34-19-/t23-,25-,26-,29-/m1/s1. The van der Waals surface area contributed by atoms with Gasteiger partial charge in [-0.25, -0.2) is 24.5 Å². The molecule has 14 heteroatoms. The lowest BCUT2D eigenvalue weighted by Crippen LogP contribution is -2.32. The SMILES string of the molecule is CN(C)/C=N\c1ncnc2c1ncn2[C@@H]1O[C@H](COP(=O)(OCc2ccccc2)OCc2ccccc2)[C@H]2OC(C)(C)O[C@H]21. The number of phosphoric acid groups is 1. The molecule has 0 spiro atoms. The van der Waals surface area contributed by atoms with E-state index in [1.54, 1.807) is 22.1 Å². The van der Waals surface area contributed by atoms with Crippen LogP contribution in [-0.4, -0.2) is 75.6 Å². The first-order valence-electron chi connectivity index (χ1n) is 14.2. The Morgan fingerprint density at radius 1 is 0.932 bits per heavy atom. The fraction of sp³-hybridized carbons (Fsp3) is 0.400. The van der Waals surface area contributed by atoms with E-state index < -0.39 is 38.1 Å². The van der Waals surface area contributed by atoms with E-state index in [1.807, 2.05) is 88.6 Å². The number of hydrogen-bond donors (Lipinski definition) is 0. The van der Waals surface area contributed by atoms with Crippen molar-refractivity contribution >= 4 is 31.1 Å². The highest BCUT2D eigenvalue weighted by Gasteiger charge is 2.56. The summed E-state index contributed by atoms with van der Waals surface area (Å²) in [6.07, 6.45) is 2.26. The normalized spacial score (nSPS) is 23.0. The van der Waals surface area contributed by atoms with Gasteiger partial charge in [-0.1, -0.05) is 60.7 Å². The van der Waals surface area contributed by atoms with Crippen LogP contribution in [0.5, 0.6) is 0 Å². The van der Waals surface area contributed by atoms with Gasteiger partial charge in [0.1, 0.15) is 24.6 Å². The molecule has 4 atom stereocenters. The first-order valence-corrected chi connectivity index (χ1v) is 15.7. The van der Waals surface area contributed by atoms with Crippen molar-refractivity contribution in [3.05, 3.63) is 84.4 Å². The minimum Gasteiger partial charge on any atom is -0.369 e. The summed E-state index contributed by atoms with van der Waals surface area (Å²) in [5.41, 5.74) is 2.69. The molecule has 2 aliphatic rings. The van der Waals surface area contributed by atoms with E-state index >= 15 is 0 Å². The minimum absolute atomic E-state index is 0.0408. The molecule has 0 unspecified atom stereocenters. The molecule has 0 bridgehead atoms. The van der Waals surface area contributed by atoms with Crippen molar-refractivity contribution in [2.75, 3.05) is 20.7 Å². The van der Waals surface area contributed by atoms with Crippen LogP contribution < -0.4 is 0 Å². The van der Waals surface area contributed by atoms with Gasteiger partial charge in [0.2, 0.25) is 0 Å². The Bertz CT molecular complexity index is 1590. The average molecular weight is 623 g/mol. The maximum atomic E-state index is 13.9. The van der Waals surface area contributed by atoms with Crippen molar-refractivity contribution in [3.63, 3.8) is 0 Å². The van der Waals surface area contributed by atoms with E-state index in [4.69, 9.17) is 27.8 Å². The summed E-state index contributed by atoms with van der Waals surface area (Å²) < 4.78 is 52.2. The summed E-state index contributed by atoms with van der Waals surface area (Å²) in [5.74, 6) is -0.465. The summed E-state index contributed by atoms with van der Waals surface area (Å²) in [5, 5.41) is 0. The molecule has 6 rings (SSSR count). The highest BCUT2D eigenvalue weighted by atomic mass is 31.2. The molecule has 4 aromatic rings. The summed E-state index contributed by atoms with van der Waals surface area (Å²) >= 11 is 0. The third-order valence-corrected chi connectivity index (χ3v) is 8.37. The zero-order valence-corrected chi connectivity index (χ0v) is 25.8. The molecular formula is C30H35N6O7P. The number of aromatic nitrogens is 4. The van der Waals surface area contributed by atoms with Crippen molar-refractivity contribution < 1.29 is 32.3 Å². The van der Waals surface area contributed by atoms with Gasteiger partial charge in [0.15, 0.2) is 29.0 Å². The van der Waals surface area contributed by atoms with Gasteiger partial charge in [0.05, 0.1) is 32.5 Å². The van der Waals surface area contributed by atoms with E-state index in [2.05, 4.69) is 19.9 Å². The number of aliphatic imine (C=N–C) groups is 1. The van der Waals surface area contributed by atoms with Crippen LogP contribution >= 0.6 is 7.82 Å². The van der Waals surface area contributed by atoms with E-state index in [9.17, 15) is 4.57 Å². The molecule has 0 aliphatic carbocycles. The number of nitrogens with zero attached hydrogens (tertiary/aromatic N) is 6. The fourth-order valence-corrected chi connectivity index (χ4v) is 6.21. The van der Waals surface area contributed by atoms with Gasteiger partial charge < -0.3 is 19.1 Å². The summed E-state index contributed by atoms with van der Waals surface area (Å²) in [6.45, 7) is 3.61. The van der Waals surface area contributed by atoms with Gasteiger partial charge in [-0.2, -0.15) is 0 Å². The molecule has 2 aliphatic heterocycles. The largest absolute Gasteiger partial charge is 0.475 e. The molecule has 2 aromatic carbocycles. The molecule has 44 heavy (non-hydrogen) atoms. The zero-order valence-electron chi connectivity index (χ0n) is 24.9. The van der Waals surface area contributed by atoms with Crippen molar-refractivity contribution in [1.82, 2.24) is 24.4 Å². The van der Waals surface area contributed by atoms with E-state index in [-0.39, 0.29) is 19.8 Å². The molecule has 2 fully saturated rings. The summed E-state index contributed by atoms with van der Waals surface area (Å²) in [4.78, 5) is 19.5. The quantitative estimate of drug-likeness (QED) is 0.120. The molecule has 0 saturated carbocycles. The van der Waals surface area contributed by atoms with Crippen LogP contribution in [0.2, 0.25) is 0 Å². The molecule has 0 amide bonds. The van der Waals surface area contributed by atoms with E-state index in [0.29, 0.717) is 17.0 Å². The lowest BCUT2D eigenvalue weighted by atomic mass is 10.1. The zero-order chi connectivity index (χ0) is 30.7. The third kappa shape index (κ3) is 6.89. The van der Waals surface area contributed by atoms with Crippen molar-refractivity contribution in [2.45, 2.75) is 57.4 Å². The second kappa shape index (κ2) is 12.8. The van der Waals surface area contributed by atoms with Crippen molar-refractivity contribution in [3.8, 4) is 0 Å².